The highest BCUT2D eigenvalue weighted by molar-refractivity contribution is 6.31. The van der Waals surface area contributed by atoms with Crippen molar-refractivity contribution in [3.63, 3.8) is 0 Å². The van der Waals surface area contributed by atoms with Gasteiger partial charge in [-0.2, -0.15) is 0 Å². The average molecular weight is 212 g/mol. The van der Waals surface area contributed by atoms with E-state index in [4.69, 9.17) is 11.6 Å². The molecule has 0 aliphatic rings. The first kappa shape index (κ1) is 11.5. The molecule has 78 valence electrons. The van der Waals surface area contributed by atoms with Crippen LogP contribution >= 0.6 is 11.6 Å². The van der Waals surface area contributed by atoms with Crippen molar-refractivity contribution in [1.29, 1.82) is 0 Å². The van der Waals surface area contributed by atoms with Gasteiger partial charge in [0.15, 0.2) is 0 Å². The van der Waals surface area contributed by atoms with Gasteiger partial charge >= 0.3 is 0 Å². The smallest absolute Gasteiger partial charge is 0.0456 e. The van der Waals surface area contributed by atoms with Gasteiger partial charge in [-0.25, -0.2) is 0 Å². The third kappa shape index (κ3) is 2.73. The summed E-state index contributed by atoms with van der Waals surface area (Å²) in [5, 5.41) is 4.30. The standard InChI is InChI=1S/C12H18ClN/c1-4-12(14-5-2)10-7-6-9(3)8-11(10)13/h6-8,12,14H,4-5H2,1-3H3. The normalized spacial score (nSPS) is 12.9. The van der Waals surface area contributed by atoms with Crippen molar-refractivity contribution in [1.82, 2.24) is 5.32 Å². The Kier molecular flexibility index (Phi) is 4.43. The van der Waals surface area contributed by atoms with E-state index in [0.717, 1.165) is 18.0 Å². The van der Waals surface area contributed by atoms with Crippen molar-refractivity contribution in [2.24, 2.45) is 0 Å². The maximum atomic E-state index is 6.20. The summed E-state index contributed by atoms with van der Waals surface area (Å²) in [6.07, 6.45) is 1.07. The van der Waals surface area contributed by atoms with Crippen molar-refractivity contribution in [3.05, 3.63) is 34.3 Å². The van der Waals surface area contributed by atoms with E-state index in [1.54, 1.807) is 0 Å². The van der Waals surface area contributed by atoms with Crippen LogP contribution in [0.25, 0.3) is 0 Å². The third-order valence-electron chi connectivity index (χ3n) is 2.39. The Bertz CT molecular complexity index is 296. The van der Waals surface area contributed by atoms with Crippen molar-refractivity contribution >= 4 is 11.6 Å². The molecule has 0 amide bonds. The maximum Gasteiger partial charge on any atom is 0.0456 e. The second kappa shape index (κ2) is 5.38. The minimum absolute atomic E-state index is 0.382. The number of nitrogens with one attached hydrogen (secondary N) is 1. The summed E-state index contributed by atoms with van der Waals surface area (Å²) in [7, 11) is 0. The number of hydrogen-bond acceptors (Lipinski definition) is 1. The summed E-state index contributed by atoms with van der Waals surface area (Å²) < 4.78 is 0. The Labute approximate surface area is 91.5 Å². The number of rotatable bonds is 4. The van der Waals surface area contributed by atoms with E-state index in [0.29, 0.717) is 6.04 Å². The van der Waals surface area contributed by atoms with Gasteiger partial charge in [0, 0.05) is 11.1 Å². The highest BCUT2D eigenvalue weighted by Gasteiger charge is 2.10. The summed E-state index contributed by atoms with van der Waals surface area (Å²) in [5.74, 6) is 0. The lowest BCUT2D eigenvalue weighted by Crippen LogP contribution is -2.20. The largest absolute Gasteiger partial charge is 0.310 e. The predicted molar refractivity (Wildman–Crippen MR) is 62.9 cm³/mol. The van der Waals surface area contributed by atoms with E-state index in [-0.39, 0.29) is 0 Å². The number of hydrogen-bond donors (Lipinski definition) is 1. The molecule has 0 aliphatic carbocycles. The van der Waals surface area contributed by atoms with Gasteiger partial charge < -0.3 is 5.32 Å². The minimum Gasteiger partial charge on any atom is -0.310 e. The molecule has 0 fully saturated rings. The Hall–Kier alpha value is -0.530. The monoisotopic (exact) mass is 211 g/mol. The van der Waals surface area contributed by atoms with Gasteiger partial charge in [-0.05, 0) is 37.1 Å². The molecular formula is C12H18ClN. The first-order chi connectivity index (χ1) is 6.69. The Morgan fingerprint density at radius 1 is 1.36 bits per heavy atom. The van der Waals surface area contributed by atoms with Crippen LogP contribution in [-0.4, -0.2) is 6.54 Å². The van der Waals surface area contributed by atoms with E-state index < -0.39 is 0 Å². The summed E-state index contributed by atoms with van der Waals surface area (Å²) in [6, 6.07) is 6.64. The van der Waals surface area contributed by atoms with E-state index in [2.05, 4.69) is 38.2 Å². The van der Waals surface area contributed by atoms with Gasteiger partial charge in [-0.1, -0.05) is 37.6 Å². The van der Waals surface area contributed by atoms with Crippen LogP contribution in [0.3, 0.4) is 0 Å². The maximum absolute atomic E-state index is 6.20. The molecule has 14 heavy (non-hydrogen) atoms. The molecule has 0 heterocycles. The number of aryl methyl sites for hydroxylation is 1. The Morgan fingerprint density at radius 2 is 2.07 bits per heavy atom. The lowest BCUT2D eigenvalue weighted by molar-refractivity contribution is 0.537. The highest BCUT2D eigenvalue weighted by Crippen LogP contribution is 2.25. The van der Waals surface area contributed by atoms with E-state index >= 15 is 0 Å². The summed E-state index contributed by atoms with van der Waals surface area (Å²) >= 11 is 6.20. The zero-order valence-electron chi connectivity index (χ0n) is 9.10. The van der Waals surface area contributed by atoms with Gasteiger partial charge in [0.25, 0.3) is 0 Å². The third-order valence-corrected chi connectivity index (χ3v) is 2.72. The topological polar surface area (TPSA) is 12.0 Å². The first-order valence-electron chi connectivity index (χ1n) is 5.18. The zero-order valence-corrected chi connectivity index (χ0v) is 9.86. The molecule has 0 saturated heterocycles. The van der Waals surface area contributed by atoms with Crippen LogP contribution in [-0.2, 0) is 0 Å². The van der Waals surface area contributed by atoms with Crippen molar-refractivity contribution < 1.29 is 0 Å². The van der Waals surface area contributed by atoms with Crippen LogP contribution < -0.4 is 5.32 Å². The fourth-order valence-corrected chi connectivity index (χ4v) is 2.00. The zero-order chi connectivity index (χ0) is 10.6. The van der Waals surface area contributed by atoms with E-state index in [1.807, 2.05) is 6.07 Å². The second-order valence-corrected chi connectivity index (χ2v) is 3.95. The molecule has 0 radical (unpaired) electrons. The summed E-state index contributed by atoms with van der Waals surface area (Å²) in [5.41, 5.74) is 2.42. The molecule has 1 N–H and O–H groups in total. The lowest BCUT2D eigenvalue weighted by Gasteiger charge is -2.17. The van der Waals surface area contributed by atoms with Gasteiger partial charge in [0.1, 0.15) is 0 Å². The molecule has 1 nitrogen and oxygen atoms in total. The Morgan fingerprint density at radius 3 is 2.57 bits per heavy atom. The van der Waals surface area contributed by atoms with Crippen LogP contribution in [0, 0.1) is 6.92 Å². The van der Waals surface area contributed by atoms with Crippen LogP contribution in [0.2, 0.25) is 5.02 Å². The molecule has 1 aromatic rings. The van der Waals surface area contributed by atoms with Crippen LogP contribution in [0.5, 0.6) is 0 Å². The van der Waals surface area contributed by atoms with E-state index in [1.165, 1.54) is 11.1 Å². The van der Waals surface area contributed by atoms with Crippen LogP contribution in [0.1, 0.15) is 37.4 Å². The van der Waals surface area contributed by atoms with E-state index in [9.17, 15) is 0 Å². The molecule has 0 bridgehead atoms. The summed E-state index contributed by atoms with van der Waals surface area (Å²) in [6.45, 7) is 7.32. The average Bonchev–Trinajstić information content (AvgIpc) is 2.15. The molecule has 0 aliphatic heterocycles. The van der Waals surface area contributed by atoms with Crippen LogP contribution in [0.15, 0.2) is 18.2 Å². The molecule has 1 rings (SSSR count). The van der Waals surface area contributed by atoms with Crippen LogP contribution in [0.4, 0.5) is 0 Å². The predicted octanol–water partition coefficient (Wildman–Crippen LogP) is 3.71. The van der Waals surface area contributed by atoms with Gasteiger partial charge in [0.2, 0.25) is 0 Å². The number of benzene rings is 1. The number of halogens is 1. The Balaban J connectivity index is 2.92. The van der Waals surface area contributed by atoms with Gasteiger partial charge in [-0.15, -0.1) is 0 Å². The van der Waals surface area contributed by atoms with Crippen molar-refractivity contribution in [2.45, 2.75) is 33.2 Å². The second-order valence-electron chi connectivity index (χ2n) is 3.54. The SMILES string of the molecule is CCNC(CC)c1ccc(C)cc1Cl. The van der Waals surface area contributed by atoms with Crippen molar-refractivity contribution in [3.8, 4) is 0 Å². The quantitative estimate of drug-likeness (QED) is 0.801. The molecule has 2 heteroatoms. The molecule has 0 aromatic heterocycles. The molecule has 0 spiro atoms. The molecule has 1 unspecified atom stereocenters. The minimum atomic E-state index is 0.382. The van der Waals surface area contributed by atoms with Crippen molar-refractivity contribution in [2.75, 3.05) is 6.54 Å². The molecule has 1 atom stereocenters. The van der Waals surface area contributed by atoms with Gasteiger partial charge in [0.05, 0.1) is 0 Å². The molecule has 1 aromatic carbocycles. The first-order valence-corrected chi connectivity index (χ1v) is 5.56. The fourth-order valence-electron chi connectivity index (χ4n) is 1.64. The summed E-state index contributed by atoms with van der Waals surface area (Å²) in [4.78, 5) is 0. The highest BCUT2D eigenvalue weighted by atomic mass is 35.5. The lowest BCUT2D eigenvalue weighted by atomic mass is 10.0. The molecule has 0 saturated carbocycles. The fraction of sp³-hybridized carbons (Fsp3) is 0.500. The molecular weight excluding hydrogens is 194 g/mol. The van der Waals surface area contributed by atoms with Gasteiger partial charge in [-0.3, -0.25) is 0 Å².